The second-order valence-electron chi connectivity index (χ2n) is 4.18. The first-order valence-corrected chi connectivity index (χ1v) is 6.98. The summed E-state index contributed by atoms with van der Waals surface area (Å²) in [6.07, 6.45) is 2.25. The fourth-order valence-electron chi connectivity index (χ4n) is 1.81. The topological polar surface area (TPSA) is 35.8 Å². The van der Waals surface area contributed by atoms with Gasteiger partial charge in [0.05, 0.1) is 5.56 Å². The molecule has 0 radical (unpaired) electrons. The van der Waals surface area contributed by atoms with Gasteiger partial charge in [0.15, 0.2) is 0 Å². The number of rotatable bonds is 6. The molecule has 0 saturated heterocycles. The predicted octanol–water partition coefficient (Wildman–Crippen LogP) is 3.34. The van der Waals surface area contributed by atoms with Crippen molar-refractivity contribution in [3.8, 4) is 6.07 Å². The number of nitrogens with one attached hydrogen (secondary N) is 1. The van der Waals surface area contributed by atoms with Crippen molar-refractivity contribution in [1.82, 2.24) is 5.32 Å². The molecule has 3 heteroatoms. The van der Waals surface area contributed by atoms with Gasteiger partial charge >= 0.3 is 0 Å². The summed E-state index contributed by atoms with van der Waals surface area (Å²) in [4.78, 5) is 1.23. The number of hydrogen-bond donors (Lipinski definition) is 1. The van der Waals surface area contributed by atoms with Crippen LogP contribution >= 0.6 is 11.3 Å². The number of hydrogen-bond acceptors (Lipinski definition) is 3. The maximum Gasteiger partial charge on any atom is 0.100 e. The average molecular weight is 256 g/mol. The number of thiophene rings is 1. The van der Waals surface area contributed by atoms with Gasteiger partial charge in [0.1, 0.15) is 6.07 Å². The normalized spacial score (nSPS) is 10.2. The molecule has 0 spiro atoms. The van der Waals surface area contributed by atoms with Crippen LogP contribution in [0.2, 0.25) is 0 Å². The maximum absolute atomic E-state index is 8.72. The highest BCUT2D eigenvalue weighted by Crippen LogP contribution is 2.13. The standard InChI is InChI=1S/C15H16N2S/c16-10-14-9-15(18-12-14)11-17-8-4-7-13-5-2-1-3-6-13/h1-3,5-6,9,12,17H,4,7-8,11H2. The van der Waals surface area contributed by atoms with Crippen LogP contribution in [-0.2, 0) is 13.0 Å². The van der Waals surface area contributed by atoms with Crippen LogP contribution in [-0.4, -0.2) is 6.54 Å². The van der Waals surface area contributed by atoms with E-state index in [1.165, 1.54) is 10.4 Å². The number of nitrogens with zero attached hydrogens (tertiary/aromatic N) is 1. The molecular weight excluding hydrogens is 240 g/mol. The van der Waals surface area contributed by atoms with E-state index in [0.29, 0.717) is 0 Å². The van der Waals surface area contributed by atoms with Crippen molar-refractivity contribution in [1.29, 1.82) is 5.26 Å². The lowest BCUT2D eigenvalue weighted by Crippen LogP contribution is -2.14. The van der Waals surface area contributed by atoms with Crippen LogP contribution in [0.1, 0.15) is 22.4 Å². The van der Waals surface area contributed by atoms with Crippen molar-refractivity contribution in [2.24, 2.45) is 0 Å². The molecule has 0 aliphatic rings. The van der Waals surface area contributed by atoms with E-state index in [1.807, 2.05) is 17.5 Å². The van der Waals surface area contributed by atoms with Crippen molar-refractivity contribution in [2.45, 2.75) is 19.4 Å². The zero-order valence-corrected chi connectivity index (χ0v) is 11.0. The van der Waals surface area contributed by atoms with E-state index in [1.54, 1.807) is 11.3 Å². The van der Waals surface area contributed by atoms with Gasteiger partial charge in [-0.2, -0.15) is 5.26 Å². The van der Waals surface area contributed by atoms with E-state index in [9.17, 15) is 0 Å². The molecule has 18 heavy (non-hydrogen) atoms. The molecule has 0 amide bonds. The summed E-state index contributed by atoms with van der Waals surface area (Å²) < 4.78 is 0. The largest absolute Gasteiger partial charge is 0.312 e. The zero-order chi connectivity index (χ0) is 12.6. The first-order chi connectivity index (χ1) is 8.88. The molecule has 0 unspecified atom stereocenters. The molecule has 0 aliphatic carbocycles. The van der Waals surface area contributed by atoms with Gasteiger partial charge in [0.25, 0.3) is 0 Å². The second kappa shape index (κ2) is 6.95. The summed E-state index contributed by atoms with van der Waals surface area (Å²) in [7, 11) is 0. The molecule has 2 aromatic rings. The Morgan fingerprint density at radius 2 is 2.06 bits per heavy atom. The number of benzene rings is 1. The molecule has 92 valence electrons. The Morgan fingerprint density at radius 1 is 1.22 bits per heavy atom. The van der Waals surface area contributed by atoms with Crippen LogP contribution in [0, 0.1) is 11.3 Å². The quantitative estimate of drug-likeness (QED) is 0.805. The molecule has 0 atom stereocenters. The third-order valence-electron chi connectivity index (χ3n) is 2.74. The molecule has 1 aromatic carbocycles. The molecule has 0 aliphatic heterocycles. The minimum absolute atomic E-state index is 0.765. The molecule has 1 aromatic heterocycles. The van der Waals surface area contributed by atoms with Crippen LogP contribution in [0.3, 0.4) is 0 Å². The van der Waals surface area contributed by atoms with Crippen molar-refractivity contribution in [2.75, 3.05) is 6.54 Å². The lowest BCUT2D eigenvalue weighted by molar-refractivity contribution is 0.654. The van der Waals surface area contributed by atoms with E-state index in [2.05, 4.69) is 35.7 Å². The molecule has 0 fully saturated rings. The van der Waals surface area contributed by atoms with Crippen LogP contribution in [0.5, 0.6) is 0 Å². The fraction of sp³-hybridized carbons (Fsp3) is 0.267. The highest BCUT2D eigenvalue weighted by atomic mass is 32.1. The highest BCUT2D eigenvalue weighted by Gasteiger charge is 1.98. The van der Waals surface area contributed by atoms with Gasteiger partial charge in [-0.25, -0.2) is 0 Å². The van der Waals surface area contributed by atoms with Gasteiger partial charge in [-0.3, -0.25) is 0 Å². The molecule has 1 heterocycles. The van der Waals surface area contributed by atoms with E-state index in [4.69, 9.17) is 5.26 Å². The Morgan fingerprint density at radius 3 is 2.78 bits per heavy atom. The summed E-state index contributed by atoms with van der Waals surface area (Å²) in [5.41, 5.74) is 2.16. The van der Waals surface area contributed by atoms with Crippen molar-refractivity contribution >= 4 is 11.3 Å². The Labute approximate surface area is 112 Å². The monoisotopic (exact) mass is 256 g/mol. The molecule has 2 rings (SSSR count). The first kappa shape index (κ1) is 12.8. The van der Waals surface area contributed by atoms with Crippen molar-refractivity contribution in [3.05, 3.63) is 57.8 Å². The molecule has 0 bridgehead atoms. The SMILES string of the molecule is N#Cc1csc(CNCCCc2ccccc2)c1. The number of aryl methyl sites for hydroxylation is 1. The Balaban J connectivity index is 1.63. The van der Waals surface area contributed by atoms with E-state index < -0.39 is 0 Å². The Kier molecular flexibility index (Phi) is 4.95. The van der Waals surface area contributed by atoms with E-state index >= 15 is 0 Å². The molecule has 2 nitrogen and oxygen atoms in total. The molecular formula is C15H16N2S. The van der Waals surface area contributed by atoms with Gasteiger partial charge in [0.2, 0.25) is 0 Å². The third kappa shape index (κ3) is 3.99. The number of nitriles is 1. The highest BCUT2D eigenvalue weighted by molar-refractivity contribution is 7.10. The van der Waals surface area contributed by atoms with Crippen molar-refractivity contribution in [3.63, 3.8) is 0 Å². The predicted molar refractivity (Wildman–Crippen MR) is 75.5 cm³/mol. The zero-order valence-electron chi connectivity index (χ0n) is 10.2. The van der Waals surface area contributed by atoms with Gasteiger partial charge in [-0.15, -0.1) is 11.3 Å². The Bertz CT molecular complexity index is 511. The minimum atomic E-state index is 0.765. The first-order valence-electron chi connectivity index (χ1n) is 6.10. The summed E-state index contributed by atoms with van der Waals surface area (Å²) in [5.74, 6) is 0. The third-order valence-corrected chi connectivity index (χ3v) is 3.68. The maximum atomic E-state index is 8.72. The van der Waals surface area contributed by atoms with Crippen LogP contribution in [0.25, 0.3) is 0 Å². The van der Waals surface area contributed by atoms with Gasteiger partial charge in [0, 0.05) is 16.8 Å². The van der Waals surface area contributed by atoms with E-state index in [-0.39, 0.29) is 0 Å². The summed E-state index contributed by atoms with van der Waals surface area (Å²) in [6, 6.07) is 14.6. The minimum Gasteiger partial charge on any atom is -0.312 e. The summed E-state index contributed by atoms with van der Waals surface area (Å²) >= 11 is 1.64. The molecule has 0 saturated carbocycles. The van der Waals surface area contributed by atoms with Crippen LogP contribution < -0.4 is 5.32 Å². The second-order valence-corrected chi connectivity index (χ2v) is 5.18. The lowest BCUT2D eigenvalue weighted by Gasteiger charge is -2.03. The Hall–Kier alpha value is -1.63. The van der Waals surface area contributed by atoms with Crippen molar-refractivity contribution < 1.29 is 0 Å². The fourth-order valence-corrected chi connectivity index (χ4v) is 2.59. The summed E-state index contributed by atoms with van der Waals surface area (Å²) in [6.45, 7) is 1.87. The van der Waals surface area contributed by atoms with Crippen LogP contribution in [0.4, 0.5) is 0 Å². The lowest BCUT2D eigenvalue weighted by atomic mass is 10.1. The van der Waals surface area contributed by atoms with Gasteiger partial charge < -0.3 is 5.32 Å². The van der Waals surface area contributed by atoms with Gasteiger partial charge in [-0.1, -0.05) is 30.3 Å². The smallest absolute Gasteiger partial charge is 0.100 e. The van der Waals surface area contributed by atoms with E-state index in [0.717, 1.165) is 31.5 Å². The van der Waals surface area contributed by atoms with Crippen LogP contribution in [0.15, 0.2) is 41.8 Å². The molecule has 1 N–H and O–H groups in total. The summed E-state index contributed by atoms with van der Waals surface area (Å²) in [5, 5.41) is 14.0. The average Bonchev–Trinajstić information content (AvgIpc) is 2.87. The van der Waals surface area contributed by atoms with Gasteiger partial charge in [-0.05, 0) is 31.0 Å².